The van der Waals surface area contributed by atoms with Crippen LogP contribution in [0.5, 0.6) is 0 Å². The topological polar surface area (TPSA) is 92.9 Å². The molecule has 0 fully saturated rings. The van der Waals surface area contributed by atoms with Crippen molar-refractivity contribution in [3.63, 3.8) is 0 Å². The molecule has 0 unspecified atom stereocenters. The van der Waals surface area contributed by atoms with Crippen LogP contribution < -0.4 is 22.3 Å². The van der Waals surface area contributed by atoms with Gasteiger partial charge in [0.05, 0.1) is 10.2 Å². The Balaban J connectivity index is 2.82. The summed E-state index contributed by atoms with van der Waals surface area (Å²) < 4.78 is 1.87. The first-order valence-corrected chi connectivity index (χ1v) is 5.13. The van der Waals surface area contributed by atoms with Gasteiger partial charge in [-0.2, -0.15) is 0 Å². The molecule has 78 valence electrons. The van der Waals surface area contributed by atoms with Gasteiger partial charge in [0.2, 0.25) is 0 Å². The lowest BCUT2D eigenvalue weighted by Gasteiger charge is -2.05. The number of hydrogen-bond donors (Lipinski definition) is 3. The van der Waals surface area contributed by atoms with E-state index in [1.165, 1.54) is 10.8 Å². The predicted molar refractivity (Wildman–Crippen MR) is 61.1 cm³/mol. The highest BCUT2D eigenvalue weighted by atomic mass is 127. The van der Waals surface area contributed by atoms with Gasteiger partial charge in [0.15, 0.2) is 0 Å². The van der Waals surface area contributed by atoms with E-state index in [1.54, 1.807) is 0 Å². The molecule has 0 spiro atoms. The van der Waals surface area contributed by atoms with Crippen molar-refractivity contribution in [3.05, 3.63) is 30.6 Å². The van der Waals surface area contributed by atoms with E-state index in [4.69, 9.17) is 5.73 Å². The zero-order valence-corrected chi connectivity index (χ0v) is 9.58. The lowest BCUT2D eigenvalue weighted by molar-refractivity contribution is 0.537. The molecule has 0 atom stereocenters. The third-order valence-corrected chi connectivity index (χ3v) is 2.34. The van der Waals surface area contributed by atoms with E-state index in [1.807, 2.05) is 22.6 Å². The molecular formula is C7H11IN4O2. The minimum absolute atomic E-state index is 0.350. The molecule has 0 aliphatic heterocycles. The van der Waals surface area contributed by atoms with Crippen LogP contribution in [0.4, 0.5) is 0 Å². The fourth-order valence-corrected chi connectivity index (χ4v) is 1.37. The molecule has 6 nitrogen and oxygen atoms in total. The second-order valence-electron chi connectivity index (χ2n) is 2.65. The summed E-state index contributed by atoms with van der Waals surface area (Å²) in [5, 5.41) is 2.95. The van der Waals surface area contributed by atoms with Crippen LogP contribution >= 0.6 is 22.6 Å². The Bertz CT molecular complexity index is 411. The number of H-pyrrole nitrogens is 1. The maximum absolute atomic E-state index is 11.2. The maximum atomic E-state index is 11.2. The van der Waals surface area contributed by atoms with Crippen molar-refractivity contribution in [3.8, 4) is 0 Å². The maximum Gasteiger partial charge on any atom is 0.329 e. The van der Waals surface area contributed by atoms with Gasteiger partial charge in [0, 0.05) is 19.3 Å². The standard InChI is InChI=1S/C7H11IN4O2/c8-5-3-12(4-10-2-1-9)7(14)11-6(5)13/h3,10H,1-2,4,9H2,(H,11,13,14). The van der Waals surface area contributed by atoms with Crippen molar-refractivity contribution < 1.29 is 0 Å². The third-order valence-electron chi connectivity index (χ3n) is 1.57. The molecule has 1 heterocycles. The zero-order valence-electron chi connectivity index (χ0n) is 7.42. The second kappa shape index (κ2) is 5.27. The van der Waals surface area contributed by atoms with Crippen LogP contribution in [-0.4, -0.2) is 22.6 Å². The fourth-order valence-electron chi connectivity index (χ4n) is 0.902. The molecule has 0 aliphatic rings. The van der Waals surface area contributed by atoms with Gasteiger partial charge in [-0.25, -0.2) is 4.79 Å². The molecule has 1 aromatic rings. The molecule has 1 rings (SSSR count). The monoisotopic (exact) mass is 310 g/mol. The Morgan fingerprint density at radius 3 is 2.93 bits per heavy atom. The Morgan fingerprint density at radius 1 is 1.57 bits per heavy atom. The molecule has 4 N–H and O–H groups in total. The quantitative estimate of drug-likeness (QED) is 0.473. The van der Waals surface area contributed by atoms with Crippen LogP contribution in [0, 0.1) is 3.57 Å². The summed E-state index contributed by atoms with van der Waals surface area (Å²) in [6.07, 6.45) is 1.51. The number of nitrogens with two attached hydrogens (primary N) is 1. The average Bonchev–Trinajstić information content (AvgIpc) is 2.14. The largest absolute Gasteiger partial charge is 0.329 e. The normalized spacial score (nSPS) is 10.4. The smallest absolute Gasteiger partial charge is 0.329 e. The van der Waals surface area contributed by atoms with Gasteiger partial charge in [0.25, 0.3) is 5.56 Å². The molecule has 0 saturated carbocycles. The predicted octanol–water partition coefficient (Wildman–Crippen LogP) is -1.35. The van der Waals surface area contributed by atoms with E-state index in [2.05, 4.69) is 10.3 Å². The minimum atomic E-state index is -0.417. The number of hydrogen-bond acceptors (Lipinski definition) is 4. The summed E-state index contributed by atoms with van der Waals surface area (Å²) >= 11 is 1.87. The highest BCUT2D eigenvalue weighted by molar-refractivity contribution is 14.1. The first-order valence-electron chi connectivity index (χ1n) is 4.05. The van der Waals surface area contributed by atoms with Crippen LogP contribution in [-0.2, 0) is 6.67 Å². The van der Waals surface area contributed by atoms with Gasteiger partial charge in [-0.3, -0.25) is 19.7 Å². The Kier molecular flexibility index (Phi) is 4.29. The Labute approximate surface area is 93.7 Å². The van der Waals surface area contributed by atoms with Crippen LogP contribution in [0.2, 0.25) is 0 Å². The number of aromatic nitrogens is 2. The lowest BCUT2D eigenvalue weighted by Crippen LogP contribution is -2.36. The number of rotatable bonds is 4. The molecule has 0 saturated heterocycles. The molecule has 1 aromatic heterocycles. The highest BCUT2D eigenvalue weighted by Crippen LogP contribution is 1.91. The van der Waals surface area contributed by atoms with Gasteiger partial charge in [-0.05, 0) is 22.6 Å². The van der Waals surface area contributed by atoms with E-state index < -0.39 is 5.69 Å². The molecule has 0 bridgehead atoms. The van der Waals surface area contributed by atoms with Crippen molar-refractivity contribution >= 4 is 22.6 Å². The van der Waals surface area contributed by atoms with E-state index >= 15 is 0 Å². The minimum Gasteiger partial charge on any atom is -0.329 e. The van der Waals surface area contributed by atoms with E-state index in [9.17, 15) is 9.59 Å². The summed E-state index contributed by atoms with van der Waals surface area (Å²) in [7, 11) is 0. The van der Waals surface area contributed by atoms with Gasteiger partial charge in [0.1, 0.15) is 0 Å². The first-order chi connectivity index (χ1) is 6.65. The molecule has 0 amide bonds. The average molecular weight is 310 g/mol. The van der Waals surface area contributed by atoms with Crippen LogP contribution in [0.1, 0.15) is 0 Å². The van der Waals surface area contributed by atoms with Gasteiger partial charge in [-0.1, -0.05) is 0 Å². The van der Waals surface area contributed by atoms with Crippen LogP contribution in [0.25, 0.3) is 0 Å². The summed E-state index contributed by atoms with van der Waals surface area (Å²) in [6, 6.07) is 0. The van der Waals surface area contributed by atoms with E-state index in [0.717, 1.165) is 0 Å². The third kappa shape index (κ3) is 2.93. The first kappa shape index (κ1) is 11.4. The van der Waals surface area contributed by atoms with Crippen LogP contribution in [0.15, 0.2) is 15.8 Å². The van der Waals surface area contributed by atoms with Gasteiger partial charge < -0.3 is 5.73 Å². The second-order valence-corrected chi connectivity index (χ2v) is 3.82. The van der Waals surface area contributed by atoms with Crippen LogP contribution in [0.3, 0.4) is 0 Å². The van der Waals surface area contributed by atoms with Crippen molar-refractivity contribution in [1.29, 1.82) is 0 Å². The van der Waals surface area contributed by atoms with Gasteiger partial charge >= 0.3 is 5.69 Å². The molecular weight excluding hydrogens is 299 g/mol. The molecule has 0 aliphatic carbocycles. The zero-order chi connectivity index (χ0) is 10.6. The number of halogens is 1. The highest BCUT2D eigenvalue weighted by Gasteiger charge is 2.00. The summed E-state index contributed by atoms with van der Waals surface area (Å²) in [5.41, 5.74) is 4.50. The molecule has 7 heteroatoms. The Morgan fingerprint density at radius 2 is 2.29 bits per heavy atom. The SMILES string of the molecule is NCCNCn1cc(I)c(=O)[nH]c1=O. The van der Waals surface area contributed by atoms with Crippen molar-refractivity contribution in [1.82, 2.24) is 14.9 Å². The number of nitrogens with zero attached hydrogens (tertiary/aromatic N) is 1. The number of nitrogens with one attached hydrogen (secondary N) is 2. The lowest BCUT2D eigenvalue weighted by atomic mass is 10.6. The van der Waals surface area contributed by atoms with Crippen molar-refractivity contribution in [2.24, 2.45) is 5.73 Å². The molecule has 0 aromatic carbocycles. The van der Waals surface area contributed by atoms with E-state index in [-0.39, 0.29) is 5.56 Å². The number of aromatic amines is 1. The summed E-state index contributed by atoms with van der Waals surface area (Å²) in [5.74, 6) is 0. The molecule has 14 heavy (non-hydrogen) atoms. The fraction of sp³-hybridized carbons (Fsp3) is 0.429. The van der Waals surface area contributed by atoms with Gasteiger partial charge in [-0.15, -0.1) is 0 Å². The van der Waals surface area contributed by atoms with E-state index in [0.29, 0.717) is 23.3 Å². The van der Waals surface area contributed by atoms with Crippen molar-refractivity contribution in [2.45, 2.75) is 6.67 Å². The summed E-state index contributed by atoms with van der Waals surface area (Å²) in [6.45, 7) is 1.49. The Hall–Kier alpha value is -0.670. The van der Waals surface area contributed by atoms with Crippen molar-refractivity contribution in [2.75, 3.05) is 13.1 Å². The summed E-state index contributed by atoms with van der Waals surface area (Å²) in [4.78, 5) is 24.4. The molecule has 0 radical (unpaired) electrons.